The molecule has 0 spiro atoms. The normalized spacial score (nSPS) is 11.0. The van der Waals surface area contributed by atoms with Gasteiger partial charge in [0.15, 0.2) is 23.1 Å². The molecule has 132 valence electrons. The average molecular weight is 348 g/mol. The van der Waals surface area contributed by atoms with Crippen LogP contribution in [0.1, 0.15) is 5.56 Å². The lowest BCUT2D eigenvalue weighted by atomic mass is 10.1. The molecule has 5 heteroatoms. The fraction of sp³-hybridized carbons (Fsp3) is 0.190. The second-order valence-electron chi connectivity index (χ2n) is 5.99. The monoisotopic (exact) mass is 348 g/mol. The van der Waals surface area contributed by atoms with E-state index in [4.69, 9.17) is 18.9 Å². The van der Waals surface area contributed by atoms with Crippen molar-refractivity contribution in [3.8, 4) is 23.1 Å². The Bertz CT molecular complexity index is 1020. The van der Waals surface area contributed by atoms with Crippen molar-refractivity contribution in [1.82, 2.24) is 9.55 Å². The number of aryl methyl sites for hydroxylation is 2. The van der Waals surface area contributed by atoms with Gasteiger partial charge in [-0.3, -0.25) is 0 Å². The Balaban J connectivity index is 1.68. The van der Waals surface area contributed by atoms with Crippen molar-refractivity contribution in [1.29, 1.82) is 0 Å². The van der Waals surface area contributed by atoms with Crippen LogP contribution in [0.3, 0.4) is 0 Å². The van der Waals surface area contributed by atoms with Gasteiger partial charge < -0.3 is 18.5 Å². The van der Waals surface area contributed by atoms with Crippen LogP contribution in [-0.4, -0.2) is 23.8 Å². The van der Waals surface area contributed by atoms with Crippen LogP contribution in [0.5, 0.6) is 11.5 Å². The number of rotatable bonds is 6. The van der Waals surface area contributed by atoms with Gasteiger partial charge in [0.2, 0.25) is 0 Å². The molecule has 0 saturated carbocycles. The van der Waals surface area contributed by atoms with Crippen LogP contribution in [0.25, 0.3) is 22.6 Å². The molecule has 0 unspecified atom stereocenters. The summed E-state index contributed by atoms with van der Waals surface area (Å²) in [7, 11) is 3.30. The van der Waals surface area contributed by atoms with Gasteiger partial charge >= 0.3 is 0 Å². The zero-order chi connectivity index (χ0) is 17.9. The number of hydrogen-bond donors (Lipinski definition) is 0. The van der Waals surface area contributed by atoms with Gasteiger partial charge in [-0.2, -0.15) is 0 Å². The zero-order valence-corrected chi connectivity index (χ0v) is 14.8. The molecule has 0 aliphatic carbocycles. The molecule has 0 radical (unpaired) electrons. The number of methoxy groups -OCH3 is 2. The van der Waals surface area contributed by atoms with Crippen LogP contribution in [0.4, 0.5) is 0 Å². The molecular weight excluding hydrogens is 328 g/mol. The van der Waals surface area contributed by atoms with Crippen LogP contribution in [0.15, 0.2) is 65.3 Å². The van der Waals surface area contributed by atoms with Gasteiger partial charge in [-0.25, -0.2) is 4.98 Å². The van der Waals surface area contributed by atoms with Crippen molar-refractivity contribution in [3.63, 3.8) is 0 Å². The minimum Gasteiger partial charge on any atom is -0.493 e. The Hall–Kier alpha value is -3.21. The molecule has 0 N–H and O–H groups in total. The summed E-state index contributed by atoms with van der Waals surface area (Å²) in [4.78, 5) is 4.75. The van der Waals surface area contributed by atoms with Crippen molar-refractivity contribution in [2.75, 3.05) is 14.2 Å². The number of nitrogens with zero attached hydrogens (tertiary/aromatic N) is 2. The van der Waals surface area contributed by atoms with Gasteiger partial charge in [0, 0.05) is 6.54 Å². The van der Waals surface area contributed by atoms with Gasteiger partial charge in [-0.1, -0.05) is 18.2 Å². The molecule has 2 heterocycles. The van der Waals surface area contributed by atoms with E-state index in [1.54, 1.807) is 20.5 Å². The summed E-state index contributed by atoms with van der Waals surface area (Å²) in [6.45, 7) is 0.784. The lowest BCUT2D eigenvalue weighted by Gasteiger charge is -2.11. The SMILES string of the molecule is COc1ccc(CCn2c(-c3ccco3)nc3ccccc32)cc1OC. The molecule has 4 aromatic rings. The van der Waals surface area contributed by atoms with Gasteiger partial charge in [0.1, 0.15) is 0 Å². The summed E-state index contributed by atoms with van der Waals surface area (Å²) in [5, 5.41) is 0. The highest BCUT2D eigenvalue weighted by Gasteiger charge is 2.14. The van der Waals surface area contributed by atoms with Gasteiger partial charge in [-0.15, -0.1) is 0 Å². The largest absolute Gasteiger partial charge is 0.493 e. The molecule has 2 aromatic heterocycles. The van der Waals surface area contributed by atoms with Gasteiger partial charge in [0.05, 0.1) is 31.5 Å². The molecule has 0 aliphatic heterocycles. The molecule has 26 heavy (non-hydrogen) atoms. The van der Waals surface area contributed by atoms with E-state index in [1.165, 1.54) is 5.56 Å². The maximum atomic E-state index is 5.59. The van der Waals surface area contributed by atoms with Crippen LogP contribution < -0.4 is 9.47 Å². The van der Waals surface area contributed by atoms with Crippen molar-refractivity contribution < 1.29 is 13.9 Å². The fourth-order valence-electron chi connectivity index (χ4n) is 3.17. The summed E-state index contributed by atoms with van der Waals surface area (Å²) >= 11 is 0. The van der Waals surface area contributed by atoms with E-state index in [-0.39, 0.29) is 0 Å². The summed E-state index contributed by atoms with van der Waals surface area (Å²) < 4.78 is 18.5. The van der Waals surface area contributed by atoms with E-state index in [9.17, 15) is 0 Å². The van der Waals surface area contributed by atoms with Crippen molar-refractivity contribution in [2.45, 2.75) is 13.0 Å². The topological polar surface area (TPSA) is 49.4 Å². The fourth-order valence-corrected chi connectivity index (χ4v) is 3.17. The zero-order valence-electron chi connectivity index (χ0n) is 14.8. The first kappa shape index (κ1) is 16.3. The Morgan fingerprint density at radius 2 is 1.81 bits per heavy atom. The Labute approximate surface area is 151 Å². The Morgan fingerprint density at radius 1 is 0.962 bits per heavy atom. The summed E-state index contributed by atoms with van der Waals surface area (Å²) in [6.07, 6.45) is 2.52. The number of hydrogen-bond acceptors (Lipinski definition) is 4. The molecule has 2 aromatic carbocycles. The highest BCUT2D eigenvalue weighted by molar-refractivity contribution is 5.79. The van der Waals surface area contributed by atoms with E-state index in [0.29, 0.717) is 0 Å². The molecule has 0 bridgehead atoms. The highest BCUT2D eigenvalue weighted by atomic mass is 16.5. The van der Waals surface area contributed by atoms with Crippen molar-refractivity contribution in [2.24, 2.45) is 0 Å². The van der Waals surface area contributed by atoms with Crippen LogP contribution >= 0.6 is 0 Å². The third-order valence-corrected chi connectivity index (χ3v) is 4.47. The van der Waals surface area contributed by atoms with E-state index in [0.717, 1.165) is 47.1 Å². The number of aromatic nitrogens is 2. The second-order valence-corrected chi connectivity index (χ2v) is 5.99. The predicted molar refractivity (Wildman–Crippen MR) is 101 cm³/mol. The maximum absolute atomic E-state index is 5.59. The molecule has 4 rings (SSSR count). The van der Waals surface area contributed by atoms with Gasteiger partial charge in [-0.05, 0) is 48.4 Å². The van der Waals surface area contributed by atoms with Crippen LogP contribution in [0.2, 0.25) is 0 Å². The quantitative estimate of drug-likeness (QED) is 0.513. The Kier molecular flexibility index (Phi) is 4.35. The maximum Gasteiger partial charge on any atom is 0.177 e. The molecule has 0 fully saturated rings. The standard InChI is InChI=1S/C21H20N2O3/c1-24-18-10-9-15(14-20(18)25-2)11-12-23-17-7-4-3-6-16(17)22-21(23)19-8-5-13-26-19/h3-10,13-14H,11-12H2,1-2H3. The second kappa shape index (κ2) is 6.96. The first-order valence-corrected chi connectivity index (χ1v) is 8.50. The smallest absolute Gasteiger partial charge is 0.177 e. The summed E-state index contributed by atoms with van der Waals surface area (Å²) in [6, 6.07) is 18.0. The van der Waals surface area contributed by atoms with Crippen LogP contribution in [0, 0.1) is 0 Å². The highest BCUT2D eigenvalue weighted by Crippen LogP contribution is 2.29. The third kappa shape index (κ3) is 2.92. The van der Waals surface area contributed by atoms with E-state index in [2.05, 4.69) is 16.7 Å². The van der Waals surface area contributed by atoms with E-state index < -0.39 is 0 Å². The minimum atomic E-state index is 0.737. The number of ether oxygens (including phenoxy) is 2. The van der Waals surface area contributed by atoms with E-state index in [1.807, 2.05) is 42.5 Å². The van der Waals surface area contributed by atoms with Crippen molar-refractivity contribution >= 4 is 11.0 Å². The lowest BCUT2D eigenvalue weighted by Crippen LogP contribution is -2.04. The minimum absolute atomic E-state index is 0.737. The molecule has 0 amide bonds. The summed E-state index contributed by atoms with van der Waals surface area (Å²) in [5.41, 5.74) is 3.23. The lowest BCUT2D eigenvalue weighted by molar-refractivity contribution is 0.354. The number of para-hydroxylation sites is 2. The molecule has 0 aliphatic rings. The van der Waals surface area contributed by atoms with E-state index >= 15 is 0 Å². The first-order valence-electron chi connectivity index (χ1n) is 8.50. The third-order valence-electron chi connectivity index (χ3n) is 4.47. The average Bonchev–Trinajstić information content (AvgIpc) is 3.33. The first-order chi connectivity index (χ1) is 12.8. The molecular formula is C21H20N2O3. The predicted octanol–water partition coefficient (Wildman–Crippen LogP) is 4.56. The van der Waals surface area contributed by atoms with Crippen molar-refractivity contribution in [3.05, 3.63) is 66.4 Å². The number of benzene rings is 2. The van der Waals surface area contributed by atoms with Gasteiger partial charge in [0.25, 0.3) is 0 Å². The molecule has 0 atom stereocenters. The number of fused-ring (bicyclic) bond motifs is 1. The summed E-state index contributed by atoms with van der Waals surface area (Å²) in [5.74, 6) is 3.09. The van der Waals surface area contributed by atoms with Crippen LogP contribution in [-0.2, 0) is 13.0 Å². The Morgan fingerprint density at radius 3 is 2.58 bits per heavy atom. The number of imidazole rings is 1. The number of furan rings is 1. The molecule has 5 nitrogen and oxygen atoms in total. The molecule has 0 saturated heterocycles.